The third-order valence-corrected chi connectivity index (χ3v) is 2.93. The highest BCUT2D eigenvalue weighted by Crippen LogP contribution is 2.31. The van der Waals surface area contributed by atoms with E-state index in [1.165, 1.54) is 0 Å². The van der Waals surface area contributed by atoms with Gasteiger partial charge < -0.3 is 9.40 Å². The van der Waals surface area contributed by atoms with E-state index >= 15 is 0 Å². The molecule has 0 atom stereocenters. The van der Waals surface area contributed by atoms with Crippen LogP contribution in [0.15, 0.2) is 47.1 Å². The third-order valence-electron chi connectivity index (χ3n) is 2.93. The van der Waals surface area contributed by atoms with Crippen LogP contribution < -0.4 is 0 Å². The Morgan fingerprint density at radius 1 is 1.00 bits per heavy atom. The average molecular weight is 208 g/mol. The molecule has 0 aliphatic heterocycles. The molecule has 0 amide bonds. The molecule has 0 saturated heterocycles. The summed E-state index contributed by atoms with van der Waals surface area (Å²) in [7, 11) is 0. The molecular weight excluding hydrogens is 200 g/mol. The Morgan fingerprint density at radius 2 is 1.94 bits per heavy atom. The predicted octanol–water partition coefficient (Wildman–Crippen LogP) is 3.46. The minimum absolute atomic E-state index is 0.867. The summed E-state index contributed by atoms with van der Waals surface area (Å²) in [4.78, 5) is 7.46. The molecule has 3 heterocycles. The number of para-hydroxylation sites is 1. The summed E-state index contributed by atoms with van der Waals surface area (Å²) in [5, 5.41) is 3.23. The van der Waals surface area contributed by atoms with Crippen molar-refractivity contribution in [2.24, 2.45) is 0 Å². The van der Waals surface area contributed by atoms with Crippen LogP contribution in [-0.2, 0) is 0 Å². The first kappa shape index (κ1) is 7.93. The van der Waals surface area contributed by atoms with Gasteiger partial charge in [0, 0.05) is 23.2 Å². The molecule has 76 valence electrons. The maximum absolute atomic E-state index is 5.86. The first-order valence-corrected chi connectivity index (χ1v) is 5.17. The number of rotatable bonds is 0. The van der Waals surface area contributed by atoms with Crippen LogP contribution in [0.3, 0.4) is 0 Å². The number of hydrogen-bond donors (Lipinski definition) is 1. The van der Waals surface area contributed by atoms with Gasteiger partial charge in [-0.1, -0.05) is 18.2 Å². The van der Waals surface area contributed by atoms with Gasteiger partial charge in [-0.25, -0.2) is 4.98 Å². The highest BCUT2D eigenvalue weighted by Gasteiger charge is 2.10. The Bertz CT molecular complexity index is 810. The van der Waals surface area contributed by atoms with Crippen molar-refractivity contribution in [2.75, 3.05) is 0 Å². The van der Waals surface area contributed by atoms with Gasteiger partial charge >= 0.3 is 0 Å². The number of fused-ring (bicyclic) bond motifs is 5. The number of aromatic nitrogens is 2. The van der Waals surface area contributed by atoms with Crippen LogP contribution in [0, 0.1) is 0 Å². The van der Waals surface area contributed by atoms with E-state index in [9.17, 15) is 0 Å². The molecule has 1 aromatic carbocycles. The van der Waals surface area contributed by atoms with Crippen LogP contribution in [0.1, 0.15) is 0 Å². The SMILES string of the molecule is c1ccc2c(c1)oc1c3cc[nH]c3ncc21. The van der Waals surface area contributed by atoms with Crippen molar-refractivity contribution >= 4 is 33.0 Å². The van der Waals surface area contributed by atoms with Gasteiger partial charge in [-0.3, -0.25) is 0 Å². The third kappa shape index (κ3) is 0.852. The molecule has 0 aliphatic rings. The Labute approximate surface area is 90.7 Å². The van der Waals surface area contributed by atoms with E-state index in [2.05, 4.69) is 16.0 Å². The van der Waals surface area contributed by atoms with E-state index in [1.807, 2.05) is 36.7 Å². The summed E-state index contributed by atoms with van der Waals surface area (Å²) >= 11 is 0. The number of pyridine rings is 1. The molecule has 4 rings (SSSR count). The smallest absolute Gasteiger partial charge is 0.147 e. The largest absolute Gasteiger partial charge is 0.455 e. The maximum atomic E-state index is 5.86. The van der Waals surface area contributed by atoms with Crippen molar-refractivity contribution in [3.8, 4) is 0 Å². The van der Waals surface area contributed by atoms with E-state index in [4.69, 9.17) is 4.42 Å². The van der Waals surface area contributed by atoms with Crippen molar-refractivity contribution in [1.82, 2.24) is 9.97 Å². The van der Waals surface area contributed by atoms with Gasteiger partial charge in [-0.15, -0.1) is 0 Å². The Kier molecular flexibility index (Phi) is 1.31. The van der Waals surface area contributed by atoms with Crippen LogP contribution in [-0.4, -0.2) is 9.97 Å². The van der Waals surface area contributed by atoms with Gasteiger partial charge in [0.25, 0.3) is 0 Å². The van der Waals surface area contributed by atoms with Gasteiger partial charge in [0.15, 0.2) is 0 Å². The highest BCUT2D eigenvalue weighted by molar-refractivity contribution is 6.13. The van der Waals surface area contributed by atoms with Gasteiger partial charge in [-0.2, -0.15) is 0 Å². The molecule has 3 aromatic heterocycles. The predicted molar refractivity (Wildman–Crippen MR) is 63.4 cm³/mol. The lowest BCUT2D eigenvalue weighted by Gasteiger charge is -1.90. The highest BCUT2D eigenvalue weighted by atomic mass is 16.3. The molecule has 4 aromatic rings. The summed E-state index contributed by atoms with van der Waals surface area (Å²) in [6.07, 6.45) is 3.74. The number of nitrogens with zero attached hydrogens (tertiary/aromatic N) is 1. The van der Waals surface area contributed by atoms with Crippen LogP contribution in [0.4, 0.5) is 0 Å². The van der Waals surface area contributed by atoms with Crippen LogP contribution >= 0.6 is 0 Å². The van der Waals surface area contributed by atoms with Gasteiger partial charge in [0.05, 0.1) is 5.39 Å². The molecule has 0 spiro atoms. The molecule has 3 nitrogen and oxygen atoms in total. The summed E-state index contributed by atoms with van der Waals surface area (Å²) < 4.78 is 5.86. The monoisotopic (exact) mass is 208 g/mol. The van der Waals surface area contributed by atoms with E-state index in [1.54, 1.807) is 0 Å². The first-order valence-electron chi connectivity index (χ1n) is 5.17. The number of aromatic amines is 1. The number of hydrogen-bond acceptors (Lipinski definition) is 2. The van der Waals surface area contributed by atoms with Crippen molar-refractivity contribution in [2.45, 2.75) is 0 Å². The van der Waals surface area contributed by atoms with E-state index in [0.29, 0.717) is 0 Å². The average Bonchev–Trinajstić information content (AvgIpc) is 2.92. The number of furan rings is 1. The summed E-state index contributed by atoms with van der Waals surface area (Å²) in [5.74, 6) is 0. The minimum atomic E-state index is 0.867. The van der Waals surface area contributed by atoms with E-state index in [-0.39, 0.29) is 0 Å². The molecule has 0 aliphatic carbocycles. The fourth-order valence-corrected chi connectivity index (χ4v) is 2.17. The second-order valence-corrected chi connectivity index (χ2v) is 3.84. The van der Waals surface area contributed by atoms with Crippen LogP contribution in [0.25, 0.3) is 33.0 Å². The van der Waals surface area contributed by atoms with E-state index in [0.717, 1.165) is 33.0 Å². The topological polar surface area (TPSA) is 41.8 Å². The summed E-state index contributed by atoms with van der Waals surface area (Å²) in [6.45, 7) is 0. The lowest BCUT2D eigenvalue weighted by molar-refractivity contribution is 0.672. The second-order valence-electron chi connectivity index (χ2n) is 3.84. The fourth-order valence-electron chi connectivity index (χ4n) is 2.17. The number of H-pyrrole nitrogens is 1. The fraction of sp³-hybridized carbons (Fsp3) is 0. The van der Waals surface area contributed by atoms with Gasteiger partial charge in [0.1, 0.15) is 16.8 Å². The number of benzene rings is 1. The molecule has 0 fully saturated rings. The zero-order chi connectivity index (χ0) is 10.5. The van der Waals surface area contributed by atoms with Gasteiger partial charge in [0.2, 0.25) is 0 Å². The van der Waals surface area contributed by atoms with Crippen molar-refractivity contribution in [3.05, 3.63) is 42.7 Å². The Hall–Kier alpha value is -2.29. The van der Waals surface area contributed by atoms with Crippen molar-refractivity contribution < 1.29 is 4.42 Å². The molecule has 0 bridgehead atoms. The summed E-state index contributed by atoms with van der Waals surface area (Å²) in [5.41, 5.74) is 2.69. The maximum Gasteiger partial charge on any atom is 0.147 e. The standard InChI is InChI=1S/C13H8N2O/c1-2-4-11-8(3-1)10-7-15-13-9(5-6-14-13)12(10)16-11/h1-7H,(H,14,15). The van der Waals surface area contributed by atoms with Crippen LogP contribution in [0.2, 0.25) is 0 Å². The molecule has 0 radical (unpaired) electrons. The molecule has 16 heavy (non-hydrogen) atoms. The van der Waals surface area contributed by atoms with Crippen molar-refractivity contribution in [1.29, 1.82) is 0 Å². The minimum Gasteiger partial charge on any atom is -0.455 e. The van der Waals surface area contributed by atoms with E-state index < -0.39 is 0 Å². The van der Waals surface area contributed by atoms with Gasteiger partial charge in [-0.05, 0) is 12.1 Å². The van der Waals surface area contributed by atoms with Crippen LogP contribution in [0.5, 0.6) is 0 Å². The first-order chi connectivity index (χ1) is 7.93. The lowest BCUT2D eigenvalue weighted by Crippen LogP contribution is -1.75. The Morgan fingerprint density at radius 3 is 2.94 bits per heavy atom. The quantitative estimate of drug-likeness (QED) is 0.480. The molecule has 0 saturated carbocycles. The zero-order valence-electron chi connectivity index (χ0n) is 8.40. The Balaban J connectivity index is 2.38. The molecule has 0 unspecified atom stereocenters. The number of nitrogens with one attached hydrogen (secondary N) is 1. The normalized spacial score (nSPS) is 11.8. The second kappa shape index (κ2) is 2.64. The van der Waals surface area contributed by atoms with Crippen molar-refractivity contribution in [3.63, 3.8) is 0 Å². The zero-order valence-corrected chi connectivity index (χ0v) is 8.40. The summed E-state index contributed by atoms with van der Waals surface area (Å²) in [6, 6.07) is 10.0. The lowest BCUT2D eigenvalue weighted by atomic mass is 10.2. The molecule has 1 N–H and O–H groups in total. The molecular formula is C13H8N2O. The molecule has 3 heteroatoms.